The van der Waals surface area contributed by atoms with E-state index in [2.05, 4.69) is 51.6 Å². The topological polar surface area (TPSA) is 35.2 Å². The van der Waals surface area contributed by atoms with Gasteiger partial charge in [-0.1, -0.05) is 24.3 Å². The fourth-order valence-electron chi connectivity index (χ4n) is 2.78. The van der Waals surface area contributed by atoms with Crippen LogP contribution in [0.15, 0.2) is 40.2 Å². The van der Waals surface area contributed by atoms with Crippen LogP contribution in [-0.4, -0.2) is 6.54 Å². The predicted molar refractivity (Wildman–Crippen MR) is 87.0 cm³/mol. The lowest BCUT2D eigenvalue weighted by molar-refractivity contribution is -0.0174. The number of nitrogens with two attached hydrogens (primary N) is 1. The summed E-state index contributed by atoms with van der Waals surface area (Å²) in [4.78, 5) is 1.20. The van der Waals surface area contributed by atoms with Gasteiger partial charge in [0.05, 0.1) is 6.10 Å². The first-order chi connectivity index (χ1) is 9.78. The zero-order valence-electron chi connectivity index (χ0n) is 11.2. The Hall–Kier alpha value is -0.680. The van der Waals surface area contributed by atoms with Crippen LogP contribution in [0.3, 0.4) is 0 Å². The normalized spacial score (nSPS) is 19.6. The van der Waals surface area contributed by atoms with Gasteiger partial charge in [0.25, 0.3) is 0 Å². The maximum Gasteiger partial charge on any atom is 0.105 e. The van der Waals surface area contributed by atoms with E-state index >= 15 is 0 Å². The molecule has 0 amide bonds. The number of aryl methyl sites for hydroxylation is 1. The van der Waals surface area contributed by atoms with Gasteiger partial charge in [-0.15, -0.1) is 11.3 Å². The molecule has 1 heterocycles. The molecule has 2 nitrogen and oxygen atoms in total. The zero-order chi connectivity index (χ0) is 13.9. The van der Waals surface area contributed by atoms with Crippen LogP contribution in [0, 0.1) is 0 Å². The summed E-state index contributed by atoms with van der Waals surface area (Å²) in [5, 5.41) is 2.08. The van der Waals surface area contributed by atoms with E-state index in [0.29, 0.717) is 6.54 Å². The first-order valence-electron chi connectivity index (χ1n) is 6.95. The Morgan fingerprint density at radius 2 is 2.25 bits per heavy atom. The van der Waals surface area contributed by atoms with Crippen LogP contribution < -0.4 is 5.73 Å². The second-order valence-electron chi connectivity index (χ2n) is 5.11. The predicted octanol–water partition coefficient (Wildman–Crippen LogP) is 4.60. The number of thiophene rings is 1. The van der Waals surface area contributed by atoms with Crippen LogP contribution in [-0.2, 0) is 11.2 Å². The monoisotopic (exact) mass is 351 g/mol. The summed E-state index contributed by atoms with van der Waals surface area (Å²) in [7, 11) is 0. The van der Waals surface area contributed by atoms with Gasteiger partial charge in [0.2, 0.25) is 0 Å². The Morgan fingerprint density at radius 3 is 3.00 bits per heavy atom. The maximum atomic E-state index is 6.33. The number of hydrogen-bond acceptors (Lipinski definition) is 3. The smallest absolute Gasteiger partial charge is 0.105 e. The number of halogens is 1. The average molecular weight is 352 g/mol. The molecule has 0 saturated carbocycles. The van der Waals surface area contributed by atoms with Crippen molar-refractivity contribution < 1.29 is 4.74 Å². The van der Waals surface area contributed by atoms with Crippen molar-refractivity contribution in [1.82, 2.24) is 0 Å². The molecule has 2 N–H and O–H groups in total. The lowest BCUT2D eigenvalue weighted by Crippen LogP contribution is -2.20. The third-order valence-electron chi connectivity index (χ3n) is 3.76. The van der Waals surface area contributed by atoms with Crippen LogP contribution >= 0.6 is 27.3 Å². The molecule has 0 aliphatic heterocycles. The number of ether oxygens (including phenoxy) is 1. The molecule has 0 fully saturated rings. The van der Waals surface area contributed by atoms with Crippen molar-refractivity contribution in [1.29, 1.82) is 0 Å². The van der Waals surface area contributed by atoms with E-state index in [1.165, 1.54) is 22.4 Å². The highest BCUT2D eigenvalue weighted by molar-refractivity contribution is 9.10. The second kappa shape index (κ2) is 6.39. The van der Waals surface area contributed by atoms with Crippen molar-refractivity contribution in [3.63, 3.8) is 0 Å². The Morgan fingerprint density at radius 1 is 1.40 bits per heavy atom. The Labute approximate surface area is 132 Å². The average Bonchev–Trinajstić information content (AvgIpc) is 2.91. The number of fused-ring (bicyclic) bond motifs is 1. The van der Waals surface area contributed by atoms with Gasteiger partial charge >= 0.3 is 0 Å². The van der Waals surface area contributed by atoms with Crippen LogP contribution in [0.25, 0.3) is 0 Å². The van der Waals surface area contributed by atoms with Gasteiger partial charge in [0.15, 0.2) is 0 Å². The van der Waals surface area contributed by atoms with Crippen molar-refractivity contribution >= 4 is 27.3 Å². The summed E-state index contributed by atoms with van der Waals surface area (Å²) in [6, 6.07) is 10.7. The molecule has 2 unspecified atom stereocenters. The molecule has 1 aliphatic carbocycles. The number of hydrogen-bond donors (Lipinski definition) is 1. The third kappa shape index (κ3) is 2.98. The molecule has 20 heavy (non-hydrogen) atoms. The fourth-order valence-corrected chi connectivity index (χ4v) is 4.28. The van der Waals surface area contributed by atoms with E-state index in [-0.39, 0.29) is 12.2 Å². The first kappa shape index (κ1) is 14.3. The van der Waals surface area contributed by atoms with E-state index in [0.717, 1.165) is 17.3 Å². The summed E-state index contributed by atoms with van der Waals surface area (Å²) in [6.07, 6.45) is 3.60. The quantitative estimate of drug-likeness (QED) is 0.873. The van der Waals surface area contributed by atoms with E-state index in [4.69, 9.17) is 10.5 Å². The van der Waals surface area contributed by atoms with E-state index in [1.807, 2.05) is 0 Å². The van der Waals surface area contributed by atoms with Gasteiger partial charge in [-0.2, -0.15) is 0 Å². The molecule has 0 radical (unpaired) electrons. The molecule has 4 heteroatoms. The summed E-state index contributed by atoms with van der Waals surface area (Å²) in [6.45, 7) is 0.519. The van der Waals surface area contributed by atoms with E-state index in [9.17, 15) is 0 Å². The molecule has 1 aromatic heterocycles. The molecule has 2 atom stereocenters. The minimum Gasteiger partial charge on any atom is -0.363 e. The van der Waals surface area contributed by atoms with Crippen LogP contribution in [0.5, 0.6) is 0 Å². The molecular formula is C16H18BrNOS. The molecule has 3 rings (SSSR count). The van der Waals surface area contributed by atoms with Gasteiger partial charge in [0.1, 0.15) is 6.10 Å². The third-order valence-corrected chi connectivity index (χ3v) is 5.55. The van der Waals surface area contributed by atoms with Crippen molar-refractivity contribution in [3.05, 3.63) is 56.2 Å². The van der Waals surface area contributed by atoms with Gasteiger partial charge in [0, 0.05) is 21.3 Å². The van der Waals surface area contributed by atoms with E-state index < -0.39 is 0 Å². The molecule has 1 aliphatic rings. The molecule has 0 bridgehead atoms. The highest BCUT2D eigenvalue weighted by Crippen LogP contribution is 2.37. The van der Waals surface area contributed by atoms with Crippen LogP contribution in [0.2, 0.25) is 0 Å². The van der Waals surface area contributed by atoms with Gasteiger partial charge in [-0.05, 0) is 52.4 Å². The Balaban J connectivity index is 1.80. The zero-order valence-corrected chi connectivity index (χ0v) is 13.6. The van der Waals surface area contributed by atoms with Gasteiger partial charge in [-0.3, -0.25) is 0 Å². The molecule has 0 spiro atoms. The van der Waals surface area contributed by atoms with Crippen molar-refractivity contribution in [2.75, 3.05) is 6.54 Å². The Kier molecular flexibility index (Phi) is 4.56. The summed E-state index contributed by atoms with van der Waals surface area (Å²) in [5.41, 5.74) is 8.68. The molecule has 2 aromatic rings. The molecule has 106 valence electrons. The highest BCUT2D eigenvalue weighted by atomic mass is 79.9. The lowest BCUT2D eigenvalue weighted by Gasteiger charge is -2.29. The minimum atomic E-state index is -0.0116. The van der Waals surface area contributed by atoms with Crippen LogP contribution in [0.4, 0.5) is 0 Å². The Bertz CT molecular complexity index is 583. The first-order valence-corrected chi connectivity index (χ1v) is 8.62. The summed E-state index contributed by atoms with van der Waals surface area (Å²) >= 11 is 5.19. The molecule has 0 saturated heterocycles. The van der Waals surface area contributed by atoms with Gasteiger partial charge < -0.3 is 10.5 Å². The molecular weight excluding hydrogens is 334 g/mol. The van der Waals surface area contributed by atoms with E-state index in [1.54, 1.807) is 11.3 Å². The standard InChI is InChI=1S/C16H18BrNOS/c17-12-8-16(20-10-12)15(9-18)19-14-7-3-5-11-4-1-2-6-13(11)14/h1-2,4,6,8,10,14-15H,3,5,7,9,18H2. The van der Waals surface area contributed by atoms with Gasteiger partial charge in [-0.25, -0.2) is 0 Å². The minimum absolute atomic E-state index is 0.0116. The van der Waals surface area contributed by atoms with Crippen molar-refractivity contribution in [2.45, 2.75) is 31.5 Å². The second-order valence-corrected chi connectivity index (χ2v) is 6.97. The summed E-state index contributed by atoms with van der Waals surface area (Å²) < 4.78 is 7.43. The fraction of sp³-hybridized carbons (Fsp3) is 0.375. The number of rotatable bonds is 4. The SMILES string of the molecule is NCC(OC1CCCc2ccccc21)c1cc(Br)cs1. The lowest BCUT2D eigenvalue weighted by atomic mass is 9.89. The van der Waals surface area contributed by atoms with Crippen LogP contribution in [0.1, 0.15) is 41.1 Å². The molecule has 1 aromatic carbocycles. The van der Waals surface area contributed by atoms with Crippen molar-refractivity contribution in [3.8, 4) is 0 Å². The summed E-state index contributed by atoms with van der Waals surface area (Å²) in [5.74, 6) is 0. The maximum absolute atomic E-state index is 6.33. The highest BCUT2D eigenvalue weighted by Gasteiger charge is 2.24. The number of benzene rings is 1. The largest absolute Gasteiger partial charge is 0.363 e. The van der Waals surface area contributed by atoms with Crippen molar-refractivity contribution in [2.24, 2.45) is 5.73 Å².